The number of ether oxygens (including phenoxy) is 2. The van der Waals surface area contributed by atoms with E-state index >= 15 is 0 Å². The van der Waals surface area contributed by atoms with E-state index in [0.29, 0.717) is 27.8 Å². The number of aryl methyl sites for hydroxylation is 1. The fraction of sp³-hybridized carbons (Fsp3) is 0.200. The van der Waals surface area contributed by atoms with E-state index in [2.05, 4.69) is 0 Å². The summed E-state index contributed by atoms with van der Waals surface area (Å²) in [6.07, 6.45) is 0. The van der Waals surface area contributed by atoms with Gasteiger partial charge < -0.3 is 14.6 Å². The quantitative estimate of drug-likeness (QED) is 0.920. The highest BCUT2D eigenvalue weighted by Crippen LogP contribution is 2.33. The highest BCUT2D eigenvalue weighted by atomic mass is 35.5. The molecular weight excluding hydrogens is 264 g/mol. The van der Waals surface area contributed by atoms with Crippen LogP contribution in [0.4, 0.5) is 0 Å². The predicted molar refractivity (Wildman–Crippen MR) is 75.2 cm³/mol. The Morgan fingerprint density at radius 3 is 2.53 bits per heavy atom. The third kappa shape index (κ3) is 3.19. The molecule has 0 aliphatic rings. The summed E-state index contributed by atoms with van der Waals surface area (Å²) < 4.78 is 11.0. The highest BCUT2D eigenvalue weighted by molar-refractivity contribution is 6.31. The van der Waals surface area contributed by atoms with Crippen LogP contribution in [0.1, 0.15) is 11.1 Å². The Bertz CT molecular complexity index is 582. The lowest BCUT2D eigenvalue weighted by Crippen LogP contribution is -1.92. The number of hydrogen-bond donors (Lipinski definition) is 1. The Balaban J connectivity index is 2.28. The van der Waals surface area contributed by atoms with Crippen molar-refractivity contribution in [1.82, 2.24) is 0 Å². The molecule has 1 N–H and O–H groups in total. The number of methoxy groups -OCH3 is 1. The topological polar surface area (TPSA) is 38.7 Å². The van der Waals surface area contributed by atoms with Gasteiger partial charge in [-0.05, 0) is 42.3 Å². The third-order valence-electron chi connectivity index (χ3n) is 2.74. The lowest BCUT2D eigenvalue weighted by atomic mass is 10.2. The van der Waals surface area contributed by atoms with Crippen molar-refractivity contribution < 1.29 is 14.6 Å². The van der Waals surface area contributed by atoms with E-state index in [1.54, 1.807) is 25.3 Å². The van der Waals surface area contributed by atoms with E-state index in [1.165, 1.54) is 0 Å². The number of rotatable bonds is 4. The van der Waals surface area contributed by atoms with Crippen molar-refractivity contribution in [3.05, 3.63) is 52.5 Å². The molecule has 0 aliphatic heterocycles. The van der Waals surface area contributed by atoms with Gasteiger partial charge in [0.15, 0.2) is 11.5 Å². The van der Waals surface area contributed by atoms with Gasteiger partial charge in [0.05, 0.1) is 13.7 Å². The van der Waals surface area contributed by atoms with Gasteiger partial charge in [-0.15, -0.1) is 0 Å². The zero-order valence-corrected chi connectivity index (χ0v) is 11.6. The zero-order chi connectivity index (χ0) is 13.8. The molecule has 3 nitrogen and oxygen atoms in total. The maximum Gasteiger partial charge on any atom is 0.169 e. The van der Waals surface area contributed by atoms with Crippen LogP contribution in [0.5, 0.6) is 17.2 Å². The molecule has 0 bridgehead atoms. The predicted octanol–water partition coefficient (Wildman–Crippen LogP) is 3.94. The minimum atomic E-state index is -0.0903. The molecule has 0 fully saturated rings. The first-order chi connectivity index (χ1) is 9.13. The normalized spacial score (nSPS) is 10.3. The first-order valence-electron chi connectivity index (χ1n) is 5.86. The summed E-state index contributed by atoms with van der Waals surface area (Å²) in [5, 5.41) is 9.54. The number of aliphatic hydroxyl groups is 1. The van der Waals surface area contributed by atoms with Crippen LogP contribution < -0.4 is 9.47 Å². The Morgan fingerprint density at radius 2 is 1.89 bits per heavy atom. The average molecular weight is 279 g/mol. The van der Waals surface area contributed by atoms with Crippen molar-refractivity contribution in [3.8, 4) is 17.2 Å². The van der Waals surface area contributed by atoms with Crippen molar-refractivity contribution in [1.29, 1.82) is 0 Å². The van der Waals surface area contributed by atoms with Gasteiger partial charge in [0.2, 0.25) is 0 Å². The Kier molecular flexibility index (Phi) is 4.30. The maximum absolute atomic E-state index is 9.07. The van der Waals surface area contributed by atoms with Crippen LogP contribution >= 0.6 is 11.6 Å². The maximum atomic E-state index is 9.07. The Labute approximate surface area is 117 Å². The van der Waals surface area contributed by atoms with Crippen LogP contribution in [0, 0.1) is 6.92 Å². The average Bonchev–Trinajstić information content (AvgIpc) is 2.41. The van der Waals surface area contributed by atoms with E-state index < -0.39 is 0 Å². The molecule has 4 heteroatoms. The smallest absolute Gasteiger partial charge is 0.169 e. The van der Waals surface area contributed by atoms with Gasteiger partial charge in [-0.3, -0.25) is 0 Å². The SMILES string of the molecule is COc1cc(C)ccc1Oc1ccc(CO)c(Cl)c1. The van der Waals surface area contributed by atoms with Crippen LogP contribution in [0.25, 0.3) is 0 Å². The van der Waals surface area contributed by atoms with Gasteiger partial charge in [0.25, 0.3) is 0 Å². The molecule has 2 aromatic rings. The summed E-state index contributed by atoms with van der Waals surface area (Å²) in [7, 11) is 1.60. The fourth-order valence-corrected chi connectivity index (χ4v) is 1.94. The van der Waals surface area contributed by atoms with Crippen molar-refractivity contribution in [2.45, 2.75) is 13.5 Å². The monoisotopic (exact) mass is 278 g/mol. The summed E-state index contributed by atoms with van der Waals surface area (Å²) in [6, 6.07) is 10.9. The van der Waals surface area contributed by atoms with Crippen molar-refractivity contribution in [3.63, 3.8) is 0 Å². The number of hydrogen-bond acceptors (Lipinski definition) is 3. The summed E-state index contributed by atoms with van der Waals surface area (Å²) in [6.45, 7) is 1.90. The molecule has 0 atom stereocenters. The van der Waals surface area contributed by atoms with Crippen molar-refractivity contribution in [2.24, 2.45) is 0 Å². The van der Waals surface area contributed by atoms with Crippen LogP contribution in [0.15, 0.2) is 36.4 Å². The summed E-state index contributed by atoms with van der Waals surface area (Å²) in [5.74, 6) is 1.90. The second-order valence-corrected chi connectivity index (χ2v) is 4.57. The number of aliphatic hydroxyl groups excluding tert-OH is 1. The van der Waals surface area contributed by atoms with E-state index in [0.717, 1.165) is 5.56 Å². The van der Waals surface area contributed by atoms with Crippen molar-refractivity contribution >= 4 is 11.6 Å². The third-order valence-corrected chi connectivity index (χ3v) is 3.09. The Morgan fingerprint density at radius 1 is 1.11 bits per heavy atom. The molecule has 0 spiro atoms. The largest absolute Gasteiger partial charge is 0.493 e. The lowest BCUT2D eigenvalue weighted by molar-refractivity contribution is 0.282. The molecule has 100 valence electrons. The fourth-order valence-electron chi connectivity index (χ4n) is 1.71. The van der Waals surface area contributed by atoms with Gasteiger partial charge in [-0.25, -0.2) is 0 Å². The van der Waals surface area contributed by atoms with Crippen LogP contribution in [-0.4, -0.2) is 12.2 Å². The minimum absolute atomic E-state index is 0.0903. The van der Waals surface area contributed by atoms with Crippen molar-refractivity contribution in [2.75, 3.05) is 7.11 Å². The lowest BCUT2D eigenvalue weighted by Gasteiger charge is -2.11. The molecule has 2 aromatic carbocycles. The first kappa shape index (κ1) is 13.7. The first-order valence-corrected chi connectivity index (χ1v) is 6.23. The molecule has 0 radical (unpaired) electrons. The van der Waals surface area contributed by atoms with Gasteiger partial charge in [0.1, 0.15) is 5.75 Å². The molecule has 0 aromatic heterocycles. The molecule has 2 rings (SSSR count). The molecule has 0 unspecified atom stereocenters. The highest BCUT2D eigenvalue weighted by Gasteiger charge is 2.07. The van der Waals surface area contributed by atoms with Gasteiger partial charge in [-0.2, -0.15) is 0 Å². The summed E-state index contributed by atoms with van der Waals surface area (Å²) >= 11 is 6.02. The minimum Gasteiger partial charge on any atom is -0.493 e. The van der Waals surface area contributed by atoms with E-state index in [1.807, 2.05) is 25.1 Å². The van der Waals surface area contributed by atoms with Gasteiger partial charge >= 0.3 is 0 Å². The molecule has 0 heterocycles. The molecular formula is C15H15ClO3. The molecule has 19 heavy (non-hydrogen) atoms. The Hall–Kier alpha value is -1.71. The van der Waals surface area contributed by atoms with E-state index in [4.69, 9.17) is 26.2 Å². The van der Waals surface area contributed by atoms with Gasteiger partial charge in [-0.1, -0.05) is 23.7 Å². The van der Waals surface area contributed by atoms with Crippen LogP contribution in [-0.2, 0) is 6.61 Å². The number of halogens is 1. The number of benzene rings is 2. The molecule has 0 saturated carbocycles. The van der Waals surface area contributed by atoms with Crippen LogP contribution in [0.3, 0.4) is 0 Å². The second kappa shape index (κ2) is 5.95. The van der Waals surface area contributed by atoms with Gasteiger partial charge in [0, 0.05) is 5.02 Å². The summed E-state index contributed by atoms with van der Waals surface area (Å²) in [5.41, 5.74) is 1.77. The summed E-state index contributed by atoms with van der Waals surface area (Å²) in [4.78, 5) is 0. The van der Waals surface area contributed by atoms with E-state index in [9.17, 15) is 0 Å². The molecule has 0 aliphatic carbocycles. The zero-order valence-electron chi connectivity index (χ0n) is 10.8. The second-order valence-electron chi connectivity index (χ2n) is 4.17. The molecule has 0 amide bonds. The van der Waals surface area contributed by atoms with E-state index in [-0.39, 0.29) is 6.61 Å². The standard InChI is InChI=1S/C15H15ClO3/c1-10-3-6-14(15(7-10)18-2)19-12-5-4-11(9-17)13(16)8-12/h3-8,17H,9H2,1-2H3. The van der Waals surface area contributed by atoms with Crippen LogP contribution in [0.2, 0.25) is 5.02 Å². The molecule has 0 saturated heterocycles.